The van der Waals surface area contributed by atoms with Crippen LogP contribution in [0.15, 0.2) is 6.07 Å². The topological polar surface area (TPSA) is 84.3 Å². The van der Waals surface area contributed by atoms with Crippen LogP contribution in [0.3, 0.4) is 0 Å². The molecule has 106 valence electrons. The number of aliphatic hydroxyl groups is 1. The maximum absolute atomic E-state index is 11.8. The summed E-state index contributed by atoms with van der Waals surface area (Å²) in [4.78, 5) is 11.8. The Morgan fingerprint density at radius 2 is 2.16 bits per heavy atom. The van der Waals surface area contributed by atoms with Crippen LogP contribution in [-0.2, 0) is 9.53 Å². The van der Waals surface area contributed by atoms with Crippen LogP contribution < -0.4 is 5.32 Å². The number of aromatic nitrogens is 2. The number of anilines is 1. The minimum atomic E-state index is -0.918. The minimum Gasteiger partial charge on any atom is -0.386 e. The van der Waals surface area contributed by atoms with Crippen LogP contribution in [0.5, 0.6) is 0 Å². The quantitative estimate of drug-likeness (QED) is 0.882. The fourth-order valence-corrected chi connectivity index (χ4v) is 1.46. The van der Waals surface area contributed by atoms with Crippen LogP contribution in [0.4, 0.5) is 5.82 Å². The molecule has 0 radical (unpaired) electrons. The Hall–Kier alpha value is -1.24. The molecule has 1 aromatic heterocycles. The largest absolute Gasteiger partial charge is 0.386 e. The van der Waals surface area contributed by atoms with Gasteiger partial charge in [-0.15, -0.1) is 10.2 Å². The molecule has 6 nitrogen and oxygen atoms in total. The SMILES string of the molecule is COCC(O)c1cc(NC(=O)C(C)(C)C)nnc1Cl. The molecule has 1 atom stereocenters. The molecule has 2 N–H and O–H groups in total. The normalized spacial score (nSPS) is 13.2. The summed E-state index contributed by atoms with van der Waals surface area (Å²) in [6, 6.07) is 1.49. The minimum absolute atomic E-state index is 0.0814. The van der Waals surface area contributed by atoms with E-state index in [1.807, 2.05) is 0 Å². The van der Waals surface area contributed by atoms with Crippen LogP contribution in [-0.4, -0.2) is 34.9 Å². The second-order valence-electron chi connectivity index (χ2n) is 5.15. The Labute approximate surface area is 117 Å². The second-order valence-corrected chi connectivity index (χ2v) is 5.51. The van der Waals surface area contributed by atoms with E-state index in [0.717, 1.165) is 0 Å². The number of hydrogen-bond acceptors (Lipinski definition) is 5. The molecule has 0 spiro atoms. The van der Waals surface area contributed by atoms with Gasteiger partial charge in [-0.05, 0) is 6.07 Å². The Kier molecular flexibility index (Phi) is 5.22. The highest BCUT2D eigenvalue weighted by atomic mass is 35.5. The molecule has 19 heavy (non-hydrogen) atoms. The first kappa shape index (κ1) is 15.8. The van der Waals surface area contributed by atoms with Gasteiger partial charge in [0, 0.05) is 18.1 Å². The first-order chi connectivity index (χ1) is 8.75. The summed E-state index contributed by atoms with van der Waals surface area (Å²) in [5.74, 6) is 0.0470. The first-order valence-corrected chi connectivity index (χ1v) is 6.15. The van der Waals surface area contributed by atoms with Crippen molar-refractivity contribution < 1.29 is 14.6 Å². The molecule has 7 heteroatoms. The number of nitrogens with one attached hydrogen (secondary N) is 1. The molecule has 0 aliphatic heterocycles. The molecule has 0 aromatic carbocycles. The summed E-state index contributed by atoms with van der Waals surface area (Å²) in [5.41, 5.74) is -0.185. The lowest BCUT2D eigenvalue weighted by Crippen LogP contribution is -2.28. The number of rotatable bonds is 4. The molecule has 0 saturated carbocycles. The van der Waals surface area contributed by atoms with Crippen LogP contribution in [0.2, 0.25) is 5.15 Å². The molecule has 1 unspecified atom stereocenters. The van der Waals surface area contributed by atoms with Crippen LogP contribution >= 0.6 is 11.6 Å². The molecule has 0 aliphatic rings. The van der Waals surface area contributed by atoms with E-state index in [9.17, 15) is 9.90 Å². The summed E-state index contributed by atoms with van der Waals surface area (Å²) in [7, 11) is 1.47. The van der Waals surface area contributed by atoms with E-state index in [1.54, 1.807) is 20.8 Å². The Morgan fingerprint density at radius 1 is 1.53 bits per heavy atom. The average Bonchev–Trinajstić information content (AvgIpc) is 2.30. The van der Waals surface area contributed by atoms with Crippen molar-refractivity contribution in [3.05, 3.63) is 16.8 Å². The fourth-order valence-electron chi connectivity index (χ4n) is 1.24. The molecule has 0 aliphatic carbocycles. The highest BCUT2D eigenvalue weighted by Crippen LogP contribution is 2.24. The third-order valence-corrected chi connectivity index (χ3v) is 2.68. The number of halogens is 1. The molecular weight excluding hydrogens is 270 g/mol. The zero-order valence-electron chi connectivity index (χ0n) is 11.4. The number of amides is 1. The zero-order chi connectivity index (χ0) is 14.6. The lowest BCUT2D eigenvalue weighted by atomic mass is 9.96. The van der Waals surface area contributed by atoms with E-state index in [1.165, 1.54) is 13.2 Å². The van der Waals surface area contributed by atoms with Crippen molar-refractivity contribution in [3.63, 3.8) is 0 Å². The van der Waals surface area contributed by atoms with Crippen LogP contribution in [0.25, 0.3) is 0 Å². The van der Waals surface area contributed by atoms with Gasteiger partial charge in [-0.3, -0.25) is 4.79 Å². The van der Waals surface area contributed by atoms with Gasteiger partial charge in [-0.1, -0.05) is 32.4 Å². The maximum atomic E-state index is 11.8. The Morgan fingerprint density at radius 3 is 2.68 bits per heavy atom. The van der Waals surface area contributed by atoms with Crippen molar-refractivity contribution in [2.75, 3.05) is 19.0 Å². The van der Waals surface area contributed by atoms with E-state index in [0.29, 0.717) is 5.56 Å². The Balaban J connectivity index is 2.93. The average molecular weight is 288 g/mol. The van der Waals surface area contributed by atoms with Gasteiger partial charge in [-0.2, -0.15) is 0 Å². The van der Waals surface area contributed by atoms with E-state index in [2.05, 4.69) is 15.5 Å². The summed E-state index contributed by atoms with van der Waals surface area (Å²) < 4.78 is 4.84. The molecule has 1 rings (SSSR count). The van der Waals surface area contributed by atoms with Crippen molar-refractivity contribution in [3.8, 4) is 0 Å². The van der Waals surface area contributed by atoms with Crippen LogP contribution in [0, 0.1) is 5.41 Å². The van der Waals surface area contributed by atoms with Gasteiger partial charge in [0.1, 0.15) is 6.10 Å². The van der Waals surface area contributed by atoms with Gasteiger partial charge in [0.05, 0.1) is 6.61 Å². The number of hydrogen-bond donors (Lipinski definition) is 2. The van der Waals surface area contributed by atoms with Gasteiger partial charge in [0.15, 0.2) is 11.0 Å². The van der Waals surface area contributed by atoms with Crippen molar-refractivity contribution >= 4 is 23.3 Å². The number of nitrogens with zero attached hydrogens (tertiary/aromatic N) is 2. The van der Waals surface area contributed by atoms with Crippen LogP contribution in [0.1, 0.15) is 32.4 Å². The Bertz CT molecular complexity index is 460. The van der Waals surface area contributed by atoms with Crippen molar-refractivity contribution in [1.29, 1.82) is 0 Å². The van der Waals surface area contributed by atoms with E-state index >= 15 is 0 Å². The second kappa shape index (κ2) is 6.27. The number of aliphatic hydroxyl groups excluding tert-OH is 1. The van der Waals surface area contributed by atoms with Gasteiger partial charge < -0.3 is 15.2 Å². The lowest BCUT2D eigenvalue weighted by Gasteiger charge is -2.18. The first-order valence-electron chi connectivity index (χ1n) is 5.77. The summed E-state index contributed by atoms with van der Waals surface area (Å²) in [6.45, 7) is 5.43. The van der Waals surface area contributed by atoms with Gasteiger partial charge in [0.25, 0.3) is 0 Å². The monoisotopic (exact) mass is 287 g/mol. The molecular formula is C12H18ClN3O3. The van der Waals surface area contributed by atoms with Crippen molar-refractivity contribution in [2.45, 2.75) is 26.9 Å². The number of ether oxygens (including phenoxy) is 1. The zero-order valence-corrected chi connectivity index (χ0v) is 12.2. The number of methoxy groups -OCH3 is 1. The predicted molar refractivity (Wildman–Crippen MR) is 72.0 cm³/mol. The maximum Gasteiger partial charge on any atom is 0.230 e. The lowest BCUT2D eigenvalue weighted by molar-refractivity contribution is -0.123. The van der Waals surface area contributed by atoms with Crippen molar-refractivity contribution in [2.24, 2.45) is 5.41 Å². The smallest absolute Gasteiger partial charge is 0.230 e. The molecule has 1 heterocycles. The molecule has 1 amide bonds. The third kappa shape index (κ3) is 4.41. The van der Waals surface area contributed by atoms with E-state index < -0.39 is 11.5 Å². The van der Waals surface area contributed by atoms with E-state index in [4.69, 9.17) is 16.3 Å². The third-order valence-electron chi connectivity index (χ3n) is 2.38. The molecule has 0 bridgehead atoms. The molecule has 0 fully saturated rings. The summed E-state index contributed by atoms with van der Waals surface area (Å²) in [5, 5.41) is 20.0. The standard InChI is InChI=1S/C12H18ClN3O3/c1-12(2,3)11(18)14-9-5-7(8(17)6-19-4)10(13)16-15-9/h5,8,17H,6H2,1-4H3,(H,14,15,18). The van der Waals surface area contributed by atoms with E-state index in [-0.39, 0.29) is 23.5 Å². The predicted octanol–water partition coefficient (Wildman–Crippen LogP) is 1.79. The number of carbonyl (C=O) groups excluding carboxylic acids is 1. The summed E-state index contributed by atoms with van der Waals surface area (Å²) in [6.07, 6.45) is -0.918. The highest BCUT2D eigenvalue weighted by Gasteiger charge is 2.22. The van der Waals surface area contributed by atoms with Crippen molar-refractivity contribution in [1.82, 2.24) is 10.2 Å². The molecule has 0 saturated heterocycles. The number of carbonyl (C=O) groups is 1. The van der Waals surface area contributed by atoms with Gasteiger partial charge in [0.2, 0.25) is 5.91 Å². The van der Waals surface area contributed by atoms with Gasteiger partial charge >= 0.3 is 0 Å². The van der Waals surface area contributed by atoms with Gasteiger partial charge in [-0.25, -0.2) is 0 Å². The fraction of sp³-hybridized carbons (Fsp3) is 0.583. The summed E-state index contributed by atoms with van der Waals surface area (Å²) >= 11 is 5.85. The molecule has 1 aromatic rings. The highest BCUT2D eigenvalue weighted by molar-refractivity contribution is 6.30.